The van der Waals surface area contributed by atoms with Gasteiger partial charge in [0.2, 0.25) is 0 Å². The van der Waals surface area contributed by atoms with Gasteiger partial charge in [-0.2, -0.15) is 0 Å². The number of hydrogen-bond donors (Lipinski definition) is 1. The number of carboxylic acid groups (broad SMARTS) is 1. The van der Waals surface area contributed by atoms with Gasteiger partial charge in [-0.3, -0.25) is 9.78 Å². The van der Waals surface area contributed by atoms with E-state index in [1.165, 1.54) is 12.1 Å². The summed E-state index contributed by atoms with van der Waals surface area (Å²) in [5, 5.41) is 10.5. The Morgan fingerprint density at radius 3 is 2.42 bits per heavy atom. The van der Waals surface area contributed by atoms with Crippen LogP contribution in [0.4, 0.5) is 4.39 Å². The van der Waals surface area contributed by atoms with Crippen molar-refractivity contribution < 1.29 is 23.8 Å². The van der Waals surface area contributed by atoms with Crippen LogP contribution in [0, 0.1) is 5.82 Å². The predicted molar refractivity (Wildman–Crippen MR) is 86.2 cm³/mol. The predicted octanol–water partition coefficient (Wildman–Crippen LogP) is 3.26. The van der Waals surface area contributed by atoms with Crippen molar-refractivity contribution in [3.63, 3.8) is 0 Å². The van der Waals surface area contributed by atoms with Gasteiger partial charge in [0, 0.05) is 38.6 Å². The van der Waals surface area contributed by atoms with Crippen LogP contribution in [0.3, 0.4) is 0 Å². The van der Waals surface area contributed by atoms with Crippen molar-refractivity contribution in [1.82, 2.24) is 4.98 Å². The third kappa shape index (κ3) is 2.56. The van der Waals surface area contributed by atoms with Crippen molar-refractivity contribution >= 4 is 16.9 Å². The number of carboxylic acids is 1. The molecule has 24 heavy (non-hydrogen) atoms. The van der Waals surface area contributed by atoms with Crippen molar-refractivity contribution in [2.75, 3.05) is 14.2 Å². The Kier molecular flexibility index (Phi) is 4.27. The SMILES string of the molecule is COC1(OC)CCC(C(=O)O)(c2ccnc3ccc(F)cc23)CC1. The summed E-state index contributed by atoms with van der Waals surface area (Å²) < 4.78 is 24.6. The quantitative estimate of drug-likeness (QED) is 0.870. The number of rotatable bonds is 4. The van der Waals surface area contributed by atoms with Gasteiger partial charge in [-0.15, -0.1) is 0 Å². The number of nitrogens with zero attached hydrogens (tertiary/aromatic N) is 1. The topological polar surface area (TPSA) is 68.7 Å². The molecular formula is C18H20FNO4. The number of fused-ring (bicyclic) bond motifs is 1. The van der Waals surface area contributed by atoms with Crippen LogP contribution < -0.4 is 0 Å². The third-order valence-electron chi connectivity index (χ3n) is 5.24. The summed E-state index contributed by atoms with van der Waals surface area (Å²) in [5.41, 5.74) is 0.0837. The first-order valence-corrected chi connectivity index (χ1v) is 7.85. The number of carbonyl (C=O) groups is 1. The second-order valence-electron chi connectivity index (χ2n) is 6.23. The zero-order valence-corrected chi connectivity index (χ0v) is 13.7. The summed E-state index contributed by atoms with van der Waals surface area (Å²) in [6.45, 7) is 0. The maximum absolute atomic E-state index is 13.7. The highest BCUT2D eigenvalue weighted by molar-refractivity contribution is 5.91. The van der Waals surface area contributed by atoms with E-state index in [4.69, 9.17) is 9.47 Å². The van der Waals surface area contributed by atoms with Crippen molar-refractivity contribution in [2.24, 2.45) is 0 Å². The van der Waals surface area contributed by atoms with Crippen LogP contribution in [0.25, 0.3) is 10.9 Å². The third-order valence-corrected chi connectivity index (χ3v) is 5.24. The average molecular weight is 333 g/mol. The van der Waals surface area contributed by atoms with E-state index < -0.39 is 23.0 Å². The molecule has 0 spiro atoms. The maximum Gasteiger partial charge on any atom is 0.314 e. The van der Waals surface area contributed by atoms with Crippen molar-refractivity contribution in [1.29, 1.82) is 0 Å². The minimum absolute atomic E-state index is 0.347. The lowest BCUT2D eigenvalue weighted by Crippen LogP contribution is -2.47. The highest BCUT2D eigenvalue weighted by Gasteiger charge is 2.49. The number of benzene rings is 1. The second-order valence-corrected chi connectivity index (χ2v) is 6.23. The number of aromatic nitrogens is 1. The monoisotopic (exact) mass is 333 g/mol. The first kappa shape index (κ1) is 16.8. The lowest BCUT2D eigenvalue weighted by Gasteiger charge is -2.43. The lowest BCUT2D eigenvalue weighted by molar-refractivity contribution is -0.230. The maximum atomic E-state index is 13.7. The van der Waals surface area contributed by atoms with Gasteiger partial charge in [-0.1, -0.05) is 0 Å². The molecule has 0 saturated heterocycles. The number of aliphatic carboxylic acids is 1. The smallest absolute Gasteiger partial charge is 0.314 e. The van der Waals surface area contributed by atoms with Crippen LogP contribution in [0.2, 0.25) is 0 Å². The first-order valence-electron chi connectivity index (χ1n) is 7.85. The van der Waals surface area contributed by atoms with E-state index in [1.807, 2.05) is 0 Å². The summed E-state index contributed by atoms with van der Waals surface area (Å²) in [4.78, 5) is 16.4. The zero-order chi connectivity index (χ0) is 17.4. The van der Waals surface area contributed by atoms with E-state index in [1.54, 1.807) is 32.5 Å². The fraction of sp³-hybridized carbons (Fsp3) is 0.444. The van der Waals surface area contributed by atoms with Crippen LogP contribution in [0.5, 0.6) is 0 Å². The van der Waals surface area contributed by atoms with Crippen LogP contribution >= 0.6 is 0 Å². The molecule has 128 valence electrons. The molecule has 5 nitrogen and oxygen atoms in total. The summed E-state index contributed by atoms with van der Waals surface area (Å²) in [6.07, 6.45) is 3.17. The Labute approximate surface area is 139 Å². The molecule has 1 heterocycles. The Bertz CT molecular complexity index is 763. The summed E-state index contributed by atoms with van der Waals surface area (Å²) in [6, 6.07) is 5.94. The molecule has 1 saturated carbocycles. The van der Waals surface area contributed by atoms with E-state index in [0.29, 0.717) is 42.1 Å². The molecule has 3 rings (SSSR count). The van der Waals surface area contributed by atoms with Gasteiger partial charge in [-0.25, -0.2) is 4.39 Å². The van der Waals surface area contributed by atoms with E-state index in [0.717, 1.165) is 0 Å². The zero-order valence-electron chi connectivity index (χ0n) is 13.7. The molecule has 2 aromatic rings. The van der Waals surface area contributed by atoms with Gasteiger partial charge in [0.05, 0.1) is 10.9 Å². The van der Waals surface area contributed by atoms with Gasteiger partial charge in [0.25, 0.3) is 0 Å². The van der Waals surface area contributed by atoms with Crippen LogP contribution in [-0.4, -0.2) is 36.1 Å². The molecule has 1 aliphatic rings. The minimum Gasteiger partial charge on any atom is -0.481 e. The number of halogens is 1. The Balaban J connectivity index is 2.11. The number of hydrogen-bond acceptors (Lipinski definition) is 4. The summed E-state index contributed by atoms with van der Waals surface area (Å²) in [5.74, 6) is -2.08. The molecule has 1 fully saturated rings. The number of pyridine rings is 1. The molecule has 0 aliphatic heterocycles. The number of ether oxygens (including phenoxy) is 2. The van der Waals surface area contributed by atoms with Gasteiger partial charge >= 0.3 is 5.97 Å². The average Bonchev–Trinajstić information content (AvgIpc) is 2.61. The Hall–Kier alpha value is -2.05. The summed E-state index contributed by atoms with van der Waals surface area (Å²) in [7, 11) is 3.13. The van der Waals surface area contributed by atoms with E-state index in [2.05, 4.69) is 4.98 Å². The second kappa shape index (κ2) is 6.11. The number of methoxy groups -OCH3 is 2. The highest BCUT2D eigenvalue weighted by atomic mass is 19.1. The van der Waals surface area contributed by atoms with Crippen LogP contribution in [-0.2, 0) is 19.7 Å². The standard InChI is InChI=1S/C18H20FNO4/c1-23-18(24-2)8-6-17(7-9-18,16(21)22)14-5-10-20-15-4-3-12(19)11-13(14)15/h3-5,10-11H,6-9H2,1-2H3,(H,21,22). The fourth-order valence-corrected chi connectivity index (χ4v) is 3.68. The molecule has 0 atom stereocenters. The molecule has 0 amide bonds. The molecule has 1 aromatic carbocycles. The van der Waals surface area contributed by atoms with Crippen LogP contribution in [0.15, 0.2) is 30.5 Å². The molecule has 0 radical (unpaired) electrons. The highest BCUT2D eigenvalue weighted by Crippen LogP contribution is 2.46. The summed E-state index contributed by atoms with van der Waals surface area (Å²) >= 11 is 0. The molecular weight excluding hydrogens is 313 g/mol. The van der Waals surface area contributed by atoms with E-state index in [-0.39, 0.29) is 0 Å². The molecule has 0 bridgehead atoms. The van der Waals surface area contributed by atoms with Crippen molar-refractivity contribution in [3.8, 4) is 0 Å². The molecule has 1 N–H and O–H groups in total. The van der Waals surface area contributed by atoms with Crippen molar-refractivity contribution in [2.45, 2.75) is 36.9 Å². The van der Waals surface area contributed by atoms with E-state index >= 15 is 0 Å². The van der Waals surface area contributed by atoms with Gasteiger partial charge in [0.15, 0.2) is 5.79 Å². The molecule has 6 heteroatoms. The normalized spacial score (nSPS) is 19.3. The molecule has 1 aliphatic carbocycles. The first-order chi connectivity index (χ1) is 11.5. The lowest BCUT2D eigenvalue weighted by atomic mass is 9.67. The minimum atomic E-state index is -1.10. The largest absolute Gasteiger partial charge is 0.481 e. The van der Waals surface area contributed by atoms with E-state index in [9.17, 15) is 14.3 Å². The molecule has 0 unspecified atom stereocenters. The Morgan fingerprint density at radius 2 is 1.83 bits per heavy atom. The Morgan fingerprint density at radius 1 is 1.17 bits per heavy atom. The van der Waals surface area contributed by atoms with Gasteiger partial charge < -0.3 is 14.6 Å². The van der Waals surface area contributed by atoms with Gasteiger partial charge in [0.1, 0.15) is 5.82 Å². The fourth-order valence-electron chi connectivity index (χ4n) is 3.68. The molecule has 1 aromatic heterocycles. The van der Waals surface area contributed by atoms with Crippen molar-refractivity contribution in [3.05, 3.63) is 41.8 Å². The van der Waals surface area contributed by atoms with Crippen LogP contribution in [0.1, 0.15) is 31.2 Å². The van der Waals surface area contributed by atoms with Gasteiger partial charge in [-0.05, 0) is 42.7 Å².